The van der Waals surface area contributed by atoms with Crippen molar-refractivity contribution in [3.05, 3.63) is 65.5 Å². The Bertz CT molecular complexity index is 715. The van der Waals surface area contributed by atoms with Crippen LogP contribution in [0.3, 0.4) is 0 Å². The molecule has 1 fully saturated rings. The first-order chi connectivity index (χ1) is 12.1. The summed E-state index contributed by atoms with van der Waals surface area (Å²) in [5, 5.41) is 0. The normalized spacial score (nSPS) is 18.2. The fourth-order valence-electron chi connectivity index (χ4n) is 3.17. The number of ether oxygens (including phenoxy) is 1. The molecule has 1 aliphatic rings. The third-order valence-electron chi connectivity index (χ3n) is 4.77. The van der Waals surface area contributed by atoms with Crippen molar-refractivity contribution in [1.82, 2.24) is 9.80 Å². The molecule has 0 saturated carbocycles. The molecule has 3 rings (SSSR count). The van der Waals surface area contributed by atoms with E-state index < -0.39 is 0 Å². The number of likely N-dealkylation sites (N-methyl/N-ethyl adjacent to an activating group) is 1. The van der Waals surface area contributed by atoms with Crippen LogP contribution in [0.1, 0.15) is 17.2 Å². The van der Waals surface area contributed by atoms with Crippen LogP contribution in [0.15, 0.2) is 48.5 Å². The molecule has 1 saturated heterocycles. The van der Waals surface area contributed by atoms with Crippen LogP contribution in [0.25, 0.3) is 0 Å². The topological polar surface area (TPSA) is 32.8 Å². The Morgan fingerprint density at radius 3 is 2.44 bits per heavy atom. The van der Waals surface area contributed by atoms with E-state index in [1.807, 2.05) is 36.2 Å². The average molecular weight is 342 g/mol. The lowest BCUT2D eigenvalue weighted by molar-refractivity contribution is -0.133. The summed E-state index contributed by atoms with van der Waals surface area (Å²) >= 11 is 0. The first kappa shape index (κ1) is 17.4. The fourth-order valence-corrected chi connectivity index (χ4v) is 3.17. The Morgan fingerprint density at radius 1 is 1.12 bits per heavy atom. The Hall–Kier alpha value is -2.40. The molecule has 132 valence electrons. The standard InChI is InChI=1S/C20H23FN2O2/c1-22-11-12-23(14-19(22)16-5-7-17(21)8-6-16)20(24)13-15-3-9-18(25-2)10-4-15/h3-10,19H,11-14H2,1-2H3. The van der Waals surface area contributed by atoms with Gasteiger partial charge in [0, 0.05) is 19.6 Å². The van der Waals surface area contributed by atoms with Crippen LogP contribution in [-0.2, 0) is 11.2 Å². The highest BCUT2D eigenvalue weighted by molar-refractivity contribution is 5.79. The van der Waals surface area contributed by atoms with E-state index in [0.29, 0.717) is 19.5 Å². The third-order valence-corrected chi connectivity index (χ3v) is 4.77. The van der Waals surface area contributed by atoms with Crippen molar-refractivity contribution < 1.29 is 13.9 Å². The molecule has 1 heterocycles. The second kappa shape index (κ2) is 7.66. The van der Waals surface area contributed by atoms with Gasteiger partial charge >= 0.3 is 0 Å². The summed E-state index contributed by atoms with van der Waals surface area (Å²) in [6.45, 7) is 2.14. The average Bonchev–Trinajstić information content (AvgIpc) is 2.63. The number of carbonyl (C=O) groups excluding carboxylic acids is 1. The van der Waals surface area contributed by atoms with Crippen LogP contribution in [-0.4, -0.2) is 49.5 Å². The molecule has 4 nitrogen and oxygen atoms in total. The molecule has 5 heteroatoms. The lowest BCUT2D eigenvalue weighted by Gasteiger charge is -2.39. The van der Waals surface area contributed by atoms with Gasteiger partial charge in [-0.15, -0.1) is 0 Å². The molecule has 0 aromatic heterocycles. The number of halogens is 1. The predicted molar refractivity (Wildman–Crippen MR) is 95.0 cm³/mol. The minimum Gasteiger partial charge on any atom is -0.497 e. The quantitative estimate of drug-likeness (QED) is 0.856. The van der Waals surface area contributed by atoms with E-state index in [1.54, 1.807) is 19.2 Å². The molecule has 0 spiro atoms. The zero-order valence-electron chi connectivity index (χ0n) is 14.6. The molecular weight excluding hydrogens is 319 g/mol. The van der Waals surface area contributed by atoms with Gasteiger partial charge in [0.05, 0.1) is 19.6 Å². The van der Waals surface area contributed by atoms with E-state index in [1.165, 1.54) is 12.1 Å². The van der Waals surface area contributed by atoms with Crippen molar-refractivity contribution in [1.29, 1.82) is 0 Å². The molecule has 0 bridgehead atoms. The van der Waals surface area contributed by atoms with Crippen molar-refractivity contribution in [2.45, 2.75) is 12.5 Å². The number of nitrogens with zero attached hydrogens (tertiary/aromatic N) is 2. The highest BCUT2D eigenvalue weighted by atomic mass is 19.1. The van der Waals surface area contributed by atoms with E-state index in [-0.39, 0.29) is 17.8 Å². The van der Waals surface area contributed by atoms with Gasteiger partial charge in [-0.05, 0) is 42.4 Å². The van der Waals surface area contributed by atoms with Gasteiger partial charge in [0.1, 0.15) is 11.6 Å². The van der Waals surface area contributed by atoms with E-state index in [4.69, 9.17) is 4.74 Å². The second-order valence-corrected chi connectivity index (χ2v) is 6.41. The predicted octanol–water partition coefficient (Wildman–Crippen LogP) is 2.89. The highest BCUT2D eigenvalue weighted by Gasteiger charge is 2.28. The van der Waals surface area contributed by atoms with Crippen LogP contribution in [0.5, 0.6) is 5.75 Å². The summed E-state index contributed by atoms with van der Waals surface area (Å²) in [6, 6.07) is 14.2. The molecular formula is C20H23FN2O2. The monoisotopic (exact) mass is 342 g/mol. The first-order valence-electron chi connectivity index (χ1n) is 8.43. The highest BCUT2D eigenvalue weighted by Crippen LogP contribution is 2.25. The number of piperazine rings is 1. The number of amides is 1. The number of rotatable bonds is 4. The number of methoxy groups -OCH3 is 1. The molecule has 0 N–H and O–H groups in total. The van der Waals surface area contributed by atoms with Gasteiger partial charge in [0.15, 0.2) is 0 Å². The molecule has 2 aromatic rings. The Morgan fingerprint density at radius 2 is 1.80 bits per heavy atom. The van der Waals surface area contributed by atoms with Gasteiger partial charge in [-0.3, -0.25) is 9.69 Å². The molecule has 1 amide bonds. The van der Waals surface area contributed by atoms with Gasteiger partial charge in [0.2, 0.25) is 5.91 Å². The van der Waals surface area contributed by atoms with Crippen molar-refractivity contribution in [3.8, 4) is 5.75 Å². The van der Waals surface area contributed by atoms with Crippen LogP contribution in [0.4, 0.5) is 4.39 Å². The zero-order valence-corrected chi connectivity index (χ0v) is 14.6. The van der Waals surface area contributed by atoms with Crippen molar-refractivity contribution >= 4 is 5.91 Å². The van der Waals surface area contributed by atoms with Gasteiger partial charge in [-0.25, -0.2) is 4.39 Å². The summed E-state index contributed by atoms with van der Waals surface area (Å²) in [4.78, 5) is 16.8. The number of hydrogen-bond donors (Lipinski definition) is 0. The fraction of sp³-hybridized carbons (Fsp3) is 0.350. The summed E-state index contributed by atoms with van der Waals surface area (Å²) in [5.41, 5.74) is 2.01. The lowest BCUT2D eigenvalue weighted by atomic mass is 10.0. The maximum Gasteiger partial charge on any atom is 0.227 e. The molecule has 25 heavy (non-hydrogen) atoms. The summed E-state index contributed by atoms with van der Waals surface area (Å²) in [7, 11) is 3.67. The Balaban J connectivity index is 1.67. The number of benzene rings is 2. The minimum absolute atomic E-state index is 0.0918. The van der Waals surface area contributed by atoms with Crippen LogP contribution in [0, 0.1) is 5.82 Å². The van der Waals surface area contributed by atoms with Crippen LogP contribution < -0.4 is 4.74 Å². The van der Waals surface area contributed by atoms with Gasteiger partial charge in [0.25, 0.3) is 0 Å². The third kappa shape index (κ3) is 4.17. The van der Waals surface area contributed by atoms with Crippen molar-refractivity contribution in [2.24, 2.45) is 0 Å². The number of hydrogen-bond acceptors (Lipinski definition) is 3. The van der Waals surface area contributed by atoms with E-state index >= 15 is 0 Å². The van der Waals surface area contributed by atoms with Crippen molar-refractivity contribution in [2.75, 3.05) is 33.8 Å². The van der Waals surface area contributed by atoms with Gasteiger partial charge in [-0.2, -0.15) is 0 Å². The van der Waals surface area contributed by atoms with E-state index in [9.17, 15) is 9.18 Å². The first-order valence-corrected chi connectivity index (χ1v) is 8.43. The van der Waals surface area contributed by atoms with Gasteiger partial charge < -0.3 is 9.64 Å². The lowest BCUT2D eigenvalue weighted by Crippen LogP contribution is -2.49. The van der Waals surface area contributed by atoms with E-state index in [2.05, 4.69) is 4.90 Å². The zero-order chi connectivity index (χ0) is 17.8. The maximum absolute atomic E-state index is 13.2. The SMILES string of the molecule is COc1ccc(CC(=O)N2CCN(C)C(c3ccc(F)cc3)C2)cc1. The summed E-state index contributed by atoms with van der Waals surface area (Å²) < 4.78 is 18.3. The van der Waals surface area contributed by atoms with Crippen LogP contribution >= 0.6 is 0 Å². The van der Waals surface area contributed by atoms with Crippen molar-refractivity contribution in [3.63, 3.8) is 0 Å². The van der Waals surface area contributed by atoms with Crippen LogP contribution in [0.2, 0.25) is 0 Å². The Kier molecular flexibility index (Phi) is 5.34. The largest absolute Gasteiger partial charge is 0.497 e. The molecule has 2 aromatic carbocycles. The summed E-state index contributed by atoms with van der Waals surface area (Å²) in [6.07, 6.45) is 0.379. The molecule has 1 aliphatic heterocycles. The van der Waals surface area contributed by atoms with E-state index in [0.717, 1.165) is 23.4 Å². The second-order valence-electron chi connectivity index (χ2n) is 6.41. The Labute approximate surface area is 147 Å². The van der Waals surface area contributed by atoms with Gasteiger partial charge in [-0.1, -0.05) is 24.3 Å². The molecule has 0 radical (unpaired) electrons. The minimum atomic E-state index is -0.241. The number of carbonyl (C=O) groups is 1. The maximum atomic E-state index is 13.2. The molecule has 1 unspecified atom stereocenters. The molecule has 1 atom stereocenters. The smallest absolute Gasteiger partial charge is 0.227 e. The molecule has 0 aliphatic carbocycles. The summed E-state index contributed by atoms with van der Waals surface area (Å²) in [5.74, 6) is 0.659.